The number of nitrogens with one attached hydrogen (secondary N) is 1. The van der Waals surface area contributed by atoms with E-state index in [1.54, 1.807) is 32.0 Å². The monoisotopic (exact) mass is 381 g/mol. The van der Waals surface area contributed by atoms with Crippen LogP contribution in [0, 0.1) is 13.8 Å². The number of halogens is 1. The van der Waals surface area contributed by atoms with Gasteiger partial charge in [-0.1, -0.05) is 18.2 Å². The van der Waals surface area contributed by atoms with Gasteiger partial charge >= 0.3 is 5.97 Å². The third-order valence-electron chi connectivity index (χ3n) is 3.78. The van der Waals surface area contributed by atoms with E-state index >= 15 is 0 Å². The van der Waals surface area contributed by atoms with Gasteiger partial charge in [0.25, 0.3) is 10.0 Å². The van der Waals surface area contributed by atoms with Crippen LogP contribution in [0.5, 0.6) is 0 Å². The summed E-state index contributed by atoms with van der Waals surface area (Å²) in [4.78, 5) is 11.5. The van der Waals surface area contributed by atoms with Gasteiger partial charge < -0.3 is 5.11 Å². The number of sulfonamides is 1. The zero-order chi connectivity index (χ0) is 18.6. The molecule has 0 heterocycles. The first kappa shape index (κ1) is 19.3. The minimum atomic E-state index is -3.88. The summed E-state index contributed by atoms with van der Waals surface area (Å²) < 4.78 is 27.6. The van der Waals surface area contributed by atoms with Crippen molar-refractivity contribution in [2.75, 3.05) is 10.6 Å². The number of aromatic carboxylic acids is 1. The lowest BCUT2D eigenvalue weighted by atomic mass is 10.0. The van der Waals surface area contributed by atoms with E-state index in [0.29, 0.717) is 11.4 Å². The van der Waals surface area contributed by atoms with Crippen LogP contribution in [0.25, 0.3) is 0 Å². The van der Waals surface area contributed by atoms with E-state index in [2.05, 4.69) is 4.72 Å². The number of carboxylic acids is 1. The van der Waals surface area contributed by atoms with Gasteiger partial charge in [0.05, 0.1) is 16.1 Å². The Kier molecular flexibility index (Phi) is 6.08. The molecule has 0 aliphatic heterocycles. The molecule has 0 aliphatic carbocycles. The lowest BCUT2D eigenvalue weighted by molar-refractivity contribution is 0.0698. The van der Waals surface area contributed by atoms with Crippen molar-refractivity contribution in [1.82, 2.24) is 0 Å². The first-order valence-electron chi connectivity index (χ1n) is 7.77. The van der Waals surface area contributed by atoms with E-state index in [1.165, 1.54) is 18.2 Å². The van der Waals surface area contributed by atoms with Gasteiger partial charge in [0.2, 0.25) is 0 Å². The van der Waals surface area contributed by atoms with Crippen molar-refractivity contribution in [2.24, 2.45) is 0 Å². The molecule has 0 saturated heterocycles. The highest BCUT2D eigenvalue weighted by molar-refractivity contribution is 7.92. The van der Waals surface area contributed by atoms with Crippen molar-refractivity contribution < 1.29 is 18.3 Å². The molecule has 5 nitrogen and oxygen atoms in total. The van der Waals surface area contributed by atoms with E-state index in [0.717, 1.165) is 24.0 Å². The fraction of sp³-hybridized carbons (Fsp3) is 0.278. The molecular formula is C18H20ClNO4S. The quantitative estimate of drug-likeness (QED) is 0.710. The van der Waals surface area contributed by atoms with E-state index in [4.69, 9.17) is 11.6 Å². The Morgan fingerprint density at radius 1 is 1.16 bits per heavy atom. The maximum atomic E-state index is 12.6. The number of benzene rings is 2. The van der Waals surface area contributed by atoms with Gasteiger partial charge in [-0.15, -0.1) is 11.6 Å². The average Bonchev–Trinajstić information content (AvgIpc) is 2.55. The zero-order valence-electron chi connectivity index (χ0n) is 14.0. The molecule has 0 amide bonds. The summed E-state index contributed by atoms with van der Waals surface area (Å²) in [7, 11) is -3.88. The lowest BCUT2D eigenvalue weighted by Crippen LogP contribution is -2.17. The number of hydrogen-bond donors (Lipinski definition) is 2. The van der Waals surface area contributed by atoms with Crippen LogP contribution in [0.3, 0.4) is 0 Å². The van der Waals surface area contributed by atoms with E-state index < -0.39 is 16.0 Å². The number of hydrogen-bond acceptors (Lipinski definition) is 3. The predicted octanol–water partition coefficient (Wildman–Crippen LogP) is 3.97. The lowest BCUT2D eigenvalue weighted by Gasteiger charge is -2.14. The number of anilines is 1. The number of aryl methyl sites for hydroxylation is 3. The number of rotatable bonds is 7. The molecule has 0 fully saturated rings. The van der Waals surface area contributed by atoms with E-state index in [9.17, 15) is 18.3 Å². The van der Waals surface area contributed by atoms with Gasteiger partial charge in [-0.05, 0) is 61.6 Å². The van der Waals surface area contributed by atoms with Crippen LogP contribution in [-0.2, 0) is 16.4 Å². The van der Waals surface area contributed by atoms with Crippen LogP contribution in [0.4, 0.5) is 5.69 Å². The molecule has 0 spiro atoms. The molecule has 0 unspecified atom stereocenters. The maximum Gasteiger partial charge on any atom is 0.337 e. The first-order valence-corrected chi connectivity index (χ1v) is 9.78. The predicted molar refractivity (Wildman–Crippen MR) is 99.2 cm³/mol. The van der Waals surface area contributed by atoms with Gasteiger partial charge in [-0.3, -0.25) is 4.72 Å². The van der Waals surface area contributed by atoms with Crippen molar-refractivity contribution in [3.8, 4) is 0 Å². The molecule has 0 radical (unpaired) electrons. The third kappa shape index (κ3) is 4.74. The molecule has 2 rings (SSSR count). The van der Waals surface area contributed by atoms with Crippen molar-refractivity contribution in [3.63, 3.8) is 0 Å². The standard InChI is InChI=1S/C18H20ClNO4S/c1-12-10-13(2)17(16(11-12)18(21)22)20-25(23,24)15-7-5-14(6-8-15)4-3-9-19/h5-8,10-11,20H,3-4,9H2,1-2H3,(H,21,22). The molecule has 0 aliphatic rings. The summed E-state index contributed by atoms with van der Waals surface area (Å²) in [5, 5.41) is 9.36. The molecule has 2 aromatic carbocycles. The second kappa shape index (κ2) is 7.89. The molecular weight excluding hydrogens is 362 g/mol. The Morgan fingerprint density at radius 3 is 2.36 bits per heavy atom. The maximum absolute atomic E-state index is 12.6. The van der Waals surface area contributed by atoms with Crippen LogP contribution in [0.15, 0.2) is 41.3 Å². The number of alkyl halides is 1. The van der Waals surface area contributed by atoms with Crippen molar-refractivity contribution in [1.29, 1.82) is 0 Å². The molecule has 0 saturated carbocycles. The van der Waals surface area contributed by atoms with Gasteiger partial charge in [-0.2, -0.15) is 0 Å². The van der Waals surface area contributed by atoms with Gasteiger partial charge in [0, 0.05) is 5.88 Å². The Balaban J connectivity index is 2.35. The van der Waals surface area contributed by atoms with E-state index in [-0.39, 0.29) is 16.1 Å². The van der Waals surface area contributed by atoms with Crippen LogP contribution in [0.2, 0.25) is 0 Å². The topological polar surface area (TPSA) is 83.5 Å². The van der Waals surface area contributed by atoms with Crippen molar-refractivity contribution in [2.45, 2.75) is 31.6 Å². The third-order valence-corrected chi connectivity index (χ3v) is 5.41. The fourth-order valence-corrected chi connectivity index (χ4v) is 3.86. The first-order chi connectivity index (χ1) is 11.7. The minimum Gasteiger partial charge on any atom is -0.478 e. The molecule has 134 valence electrons. The molecule has 0 bridgehead atoms. The molecule has 0 atom stereocenters. The van der Waals surface area contributed by atoms with Crippen LogP contribution >= 0.6 is 11.6 Å². The smallest absolute Gasteiger partial charge is 0.337 e. The van der Waals surface area contributed by atoms with Gasteiger partial charge in [-0.25, -0.2) is 13.2 Å². The Morgan fingerprint density at radius 2 is 1.80 bits per heavy atom. The summed E-state index contributed by atoms with van der Waals surface area (Å²) in [5.41, 5.74) is 2.32. The highest BCUT2D eigenvalue weighted by Gasteiger charge is 2.20. The van der Waals surface area contributed by atoms with Crippen LogP contribution in [-0.4, -0.2) is 25.4 Å². The molecule has 25 heavy (non-hydrogen) atoms. The second-order valence-electron chi connectivity index (χ2n) is 5.85. The highest BCUT2D eigenvalue weighted by Crippen LogP contribution is 2.26. The van der Waals surface area contributed by atoms with Crippen molar-refractivity contribution >= 4 is 33.3 Å². The summed E-state index contributed by atoms with van der Waals surface area (Å²) >= 11 is 5.66. The summed E-state index contributed by atoms with van der Waals surface area (Å²) in [5.74, 6) is -0.632. The van der Waals surface area contributed by atoms with E-state index in [1.807, 2.05) is 0 Å². The molecule has 0 aromatic heterocycles. The highest BCUT2D eigenvalue weighted by atomic mass is 35.5. The second-order valence-corrected chi connectivity index (χ2v) is 7.91. The molecule has 2 N–H and O–H groups in total. The fourth-order valence-electron chi connectivity index (χ4n) is 2.57. The summed E-state index contributed by atoms with van der Waals surface area (Å²) in [6, 6.07) is 9.68. The summed E-state index contributed by atoms with van der Waals surface area (Å²) in [6.45, 7) is 3.43. The SMILES string of the molecule is Cc1cc(C)c(NS(=O)(=O)c2ccc(CCCCl)cc2)c(C(=O)O)c1. The number of carboxylic acid groups (broad SMARTS) is 1. The van der Waals surface area contributed by atoms with Crippen molar-refractivity contribution in [3.05, 3.63) is 58.7 Å². The summed E-state index contributed by atoms with van der Waals surface area (Å²) in [6.07, 6.45) is 1.59. The normalized spacial score (nSPS) is 11.3. The van der Waals surface area contributed by atoms with Crippen LogP contribution < -0.4 is 4.72 Å². The van der Waals surface area contributed by atoms with Crippen LogP contribution in [0.1, 0.15) is 33.5 Å². The Labute approximate surface area is 152 Å². The molecule has 2 aromatic rings. The van der Waals surface area contributed by atoms with Gasteiger partial charge in [0.15, 0.2) is 0 Å². The Hall–Kier alpha value is -2.05. The average molecular weight is 382 g/mol. The molecule has 7 heteroatoms. The zero-order valence-corrected chi connectivity index (χ0v) is 15.6. The minimum absolute atomic E-state index is 0.0696. The van der Waals surface area contributed by atoms with Gasteiger partial charge in [0.1, 0.15) is 0 Å². The largest absolute Gasteiger partial charge is 0.478 e. The number of carbonyl (C=O) groups is 1. The Bertz CT molecular complexity index is 877.